The predicted octanol–water partition coefficient (Wildman–Crippen LogP) is 2.34. The highest BCUT2D eigenvalue weighted by molar-refractivity contribution is 6.29. The monoisotopic (exact) mass is 268 g/mol. The van der Waals surface area contributed by atoms with Gasteiger partial charge >= 0.3 is 0 Å². The average molecular weight is 269 g/mol. The molecule has 1 aliphatic heterocycles. The number of amides is 1. The van der Waals surface area contributed by atoms with Gasteiger partial charge < -0.3 is 10.1 Å². The van der Waals surface area contributed by atoms with Crippen molar-refractivity contribution in [3.05, 3.63) is 28.5 Å². The van der Waals surface area contributed by atoms with Crippen molar-refractivity contribution in [3.8, 4) is 0 Å². The molecule has 1 atom stereocenters. The molecule has 0 aromatic carbocycles. The van der Waals surface area contributed by atoms with Gasteiger partial charge in [0.05, 0.1) is 6.10 Å². The van der Waals surface area contributed by atoms with Crippen LogP contribution in [0.3, 0.4) is 0 Å². The molecule has 0 spiro atoms. The molecular weight excluding hydrogens is 252 g/mol. The van der Waals surface area contributed by atoms with Crippen molar-refractivity contribution in [3.63, 3.8) is 0 Å². The number of nitrogens with zero attached hydrogens (tertiary/aromatic N) is 1. The number of rotatable bonds is 4. The smallest absolute Gasteiger partial charge is 0.251 e. The maximum Gasteiger partial charge on any atom is 0.251 e. The first-order valence-electron chi connectivity index (χ1n) is 6.19. The van der Waals surface area contributed by atoms with E-state index in [0.717, 1.165) is 31.6 Å². The van der Waals surface area contributed by atoms with E-state index in [1.165, 1.54) is 0 Å². The van der Waals surface area contributed by atoms with E-state index in [2.05, 4.69) is 10.3 Å². The summed E-state index contributed by atoms with van der Waals surface area (Å²) in [4.78, 5) is 15.9. The number of nitrogens with one attached hydrogen (secondary N) is 1. The van der Waals surface area contributed by atoms with Crippen molar-refractivity contribution in [2.75, 3.05) is 13.2 Å². The van der Waals surface area contributed by atoms with Crippen molar-refractivity contribution < 1.29 is 9.53 Å². The molecule has 5 heteroatoms. The van der Waals surface area contributed by atoms with Gasteiger partial charge in [0.1, 0.15) is 5.15 Å². The van der Waals surface area contributed by atoms with E-state index in [4.69, 9.17) is 16.3 Å². The van der Waals surface area contributed by atoms with E-state index < -0.39 is 0 Å². The Hall–Kier alpha value is -1.13. The molecule has 98 valence electrons. The molecule has 1 aromatic rings. The number of aryl methyl sites for hydroxylation is 1. The SMILES string of the molecule is Cc1cc(C(=O)NCCC2CCCO2)cc(Cl)n1. The molecule has 0 aliphatic carbocycles. The molecule has 1 amide bonds. The van der Waals surface area contributed by atoms with Gasteiger partial charge in [-0.25, -0.2) is 4.98 Å². The second-order valence-electron chi connectivity index (χ2n) is 4.50. The molecule has 1 fully saturated rings. The molecule has 0 saturated carbocycles. The number of aromatic nitrogens is 1. The summed E-state index contributed by atoms with van der Waals surface area (Å²) in [6, 6.07) is 3.31. The third kappa shape index (κ3) is 3.68. The maximum atomic E-state index is 11.9. The number of carbonyl (C=O) groups excluding carboxylic acids is 1. The van der Waals surface area contributed by atoms with Crippen LogP contribution < -0.4 is 5.32 Å². The van der Waals surface area contributed by atoms with Crippen LogP contribution in [0.4, 0.5) is 0 Å². The zero-order valence-electron chi connectivity index (χ0n) is 10.4. The van der Waals surface area contributed by atoms with Crippen LogP contribution in [0.1, 0.15) is 35.3 Å². The summed E-state index contributed by atoms with van der Waals surface area (Å²) >= 11 is 5.82. The lowest BCUT2D eigenvalue weighted by molar-refractivity contribution is 0.0907. The van der Waals surface area contributed by atoms with Crippen LogP contribution >= 0.6 is 11.6 Å². The first-order chi connectivity index (χ1) is 8.65. The molecule has 2 rings (SSSR count). The Balaban J connectivity index is 1.83. The fraction of sp³-hybridized carbons (Fsp3) is 0.538. The van der Waals surface area contributed by atoms with E-state index in [-0.39, 0.29) is 5.91 Å². The Kier molecular flexibility index (Phi) is 4.55. The summed E-state index contributed by atoms with van der Waals surface area (Å²) < 4.78 is 5.50. The van der Waals surface area contributed by atoms with Crippen LogP contribution in [0, 0.1) is 6.92 Å². The standard InChI is InChI=1S/C13H17ClN2O2/c1-9-7-10(8-12(14)16-9)13(17)15-5-4-11-3-2-6-18-11/h7-8,11H,2-6H2,1H3,(H,15,17). The molecule has 4 nitrogen and oxygen atoms in total. The topological polar surface area (TPSA) is 51.2 Å². The summed E-state index contributed by atoms with van der Waals surface area (Å²) in [6.07, 6.45) is 3.38. The fourth-order valence-corrected chi connectivity index (χ4v) is 2.33. The van der Waals surface area contributed by atoms with Gasteiger partial charge in [-0.2, -0.15) is 0 Å². The van der Waals surface area contributed by atoms with Crippen molar-refractivity contribution in [2.45, 2.75) is 32.3 Å². The second-order valence-corrected chi connectivity index (χ2v) is 4.89. The molecule has 1 aliphatic rings. The normalized spacial score (nSPS) is 18.9. The minimum atomic E-state index is -0.111. The first-order valence-corrected chi connectivity index (χ1v) is 6.57. The van der Waals surface area contributed by atoms with Crippen LogP contribution in [0.25, 0.3) is 0 Å². The number of hydrogen-bond donors (Lipinski definition) is 1. The Morgan fingerprint density at radius 1 is 1.61 bits per heavy atom. The molecule has 0 radical (unpaired) electrons. The summed E-state index contributed by atoms with van der Waals surface area (Å²) in [7, 11) is 0. The maximum absolute atomic E-state index is 11.9. The first kappa shape index (κ1) is 13.3. The van der Waals surface area contributed by atoms with Gasteiger partial charge in [0, 0.05) is 24.4 Å². The second kappa shape index (κ2) is 6.16. The lowest BCUT2D eigenvalue weighted by atomic mass is 10.2. The van der Waals surface area contributed by atoms with Crippen LogP contribution in [-0.4, -0.2) is 30.1 Å². The average Bonchev–Trinajstić information content (AvgIpc) is 2.80. The minimum Gasteiger partial charge on any atom is -0.378 e. The molecule has 1 aromatic heterocycles. The molecule has 1 N–H and O–H groups in total. The molecule has 18 heavy (non-hydrogen) atoms. The van der Waals surface area contributed by atoms with Gasteiger partial charge in [-0.15, -0.1) is 0 Å². The van der Waals surface area contributed by atoms with Gasteiger partial charge in [0.15, 0.2) is 0 Å². The molecule has 2 heterocycles. The molecule has 0 bridgehead atoms. The van der Waals surface area contributed by atoms with Crippen LogP contribution in [0.5, 0.6) is 0 Å². The summed E-state index contributed by atoms with van der Waals surface area (Å²) in [5.41, 5.74) is 1.30. The molecule has 1 unspecified atom stereocenters. The van der Waals surface area contributed by atoms with Crippen LogP contribution in [-0.2, 0) is 4.74 Å². The van der Waals surface area contributed by atoms with E-state index in [9.17, 15) is 4.79 Å². The Labute approximate surface area is 112 Å². The lowest BCUT2D eigenvalue weighted by Gasteiger charge is -2.10. The van der Waals surface area contributed by atoms with Crippen molar-refractivity contribution in [2.24, 2.45) is 0 Å². The van der Waals surface area contributed by atoms with Crippen molar-refractivity contribution in [1.29, 1.82) is 0 Å². The zero-order valence-corrected chi connectivity index (χ0v) is 11.2. The number of hydrogen-bond acceptors (Lipinski definition) is 3. The van der Waals surface area contributed by atoms with E-state index in [1.807, 2.05) is 6.92 Å². The van der Waals surface area contributed by atoms with E-state index >= 15 is 0 Å². The summed E-state index contributed by atoms with van der Waals surface area (Å²) in [5.74, 6) is -0.111. The number of pyridine rings is 1. The van der Waals surface area contributed by atoms with Gasteiger partial charge in [0.2, 0.25) is 0 Å². The number of halogens is 1. The Bertz CT molecular complexity index is 411. The van der Waals surface area contributed by atoms with Crippen molar-refractivity contribution >= 4 is 17.5 Å². The predicted molar refractivity (Wildman–Crippen MR) is 69.9 cm³/mol. The van der Waals surface area contributed by atoms with Gasteiger partial charge in [-0.05, 0) is 38.3 Å². The van der Waals surface area contributed by atoms with Crippen LogP contribution in [0.15, 0.2) is 12.1 Å². The zero-order chi connectivity index (χ0) is 13.0. The van der Waals surface area contributed by atoms with Gasteiger partial charge in [-0.1, -0.05) is 11.6 Å². The quantitative estimate of drug-likeness (QED) is 0.853. The van der Waals surface area contributed by atoms with E-state index in [1.54, 1.807) is 12.1 Å². The fourth-order valence-electron chi connectivity index (χ4n) is 2.08. The Morgan fingerprint density at radius 3 is 3.11 bits per heavy atom. The highest BCUT2D eigenvalue weighted by Gasteiger charge is 2.15. The number of carbonyl (C=O) groups is 1. The summed E-state index contributed by atoms with van der Waals surface area (Å²) in [6.45, 7) is 3.29. The highest BCUT2D eigenvalue weighted by atomic mass is 35.5. The minimum absolute atomic E-state index is 0.111. The van der Waals surface area contributed by atoms with Gasteiger partial charge in [-0.3, -0.25) is 4.79 Å². The third-order valence-corrected chi connectivity index (χ3v) is 3.15. The third-order valence-electron chi connectivity index (χ3n) is 2.96. The largest absolute Gasteiger partial charge is 0.378 e. The van der Waals surface area contributed by atoms with Crippen LogP contribution in [0.2, 0.25) is 5.15 Å². The van der Waals surface area contributed by atoms with Gasteiger partial charge in [0.25, 0.3) is 5.91 Å². The highest BCUT2D eigenvalue weighted by Crippen LogP contribution is 2.14. The molecule has 1 saturated heterocycles. The molecular formula is C13H17ClN2O2. The summed E-state index contributed by atoms with van der Waals surface area (Å²) in [5, 5.41) is 3.22. The Morgan fingerprint density at radius 2 is 2.44 bits per heavy atom. The lowest BCUT2D eigenvalue weighted by Crippen LogP contribution is -2.27. The van der Waals surface area contributed by atoms with E-state index in [0.29, 0.717) is 23.4 Å². The number of ether oxygens (including phenoxy) is 1. The van der Waals surface area contributed by atoms with Crippen molar-refractivity contribution in [1.82, 2.24) is 10.3 Å².